The number of rotatable bonds is 3. The van der Waals surface area contributed by atoms with E-state index in [1.807, 2.05) is 25.1 Å². The van der Waals surface area contributed by atoms with Crippen LogP contribution in [0.3, 0.4) is 0 Å². The summed E-state index contributed by atoms with van der Waals surface area (Å²) >= 11 is 0. The van der Waals surface area contributed by atoms with Crippen LogP contribution in [0.2, 0.25) is 0 Å². The molecule has 0 atom stereocenters. The van der Waals surface area contributed by atoms with Crippen LogP contribution in [-0.2, 0) is 0 Å². The Balaban J connectivity index is 2.11. The van der Waals surface area contributed by atoms with Crippen LogP contribution in [0.5, 0.6) is 5.75 Å². The largest absolute Gasteiger partial charge is 0.493 e. The normalized spacial score (nSPS) is 14.9. The second-order valence-electron chi connectivity index (χ2n) is 3.79. The highest BCUT2D eigenvalue weighted by atomic mass is 16.5. The predicted octanol–water partition coefficient (Wildman–Crippen LogP) is 2.66. The van der Waals surface area contributed by atoms with E-state index in [0.29, 0.717) is 5.56 Å². The van der Waals surface area contributed by atoms with Gasteiger partial charge in [0.1, 0.15) is 5.75 Å². The van der Waals surface area contributed by atoms with Gasteiger partial charge in [-0.15, -0.1) is 0 Å². The number of hydrogen-bond donors (Lipinski definition) is 0. The minimum atomic E-state index is 0.707. The van der Waals surface area contributed by atoms with Gasteiger partial charge in [-0.2, -0.15) is 5.26 Å². The van der Waals surface area contributed by atoms with Crippen molar-refractivity contribution in [3.8, 4) is 11.8 Å². The highest BCUT2D eigenvalue weighted by molar-refractivity contribution is 5.45. The van der Waals surface area contributed by atoms with Crippen molar-refractivity contribution in [1.29, 1.82) is 5.26 Å². The monoisotopic (exact) mass is 187 g/mol. The Kier molecular flexibility index (Phi) is 2.41. The van der Waals surface area contributed by atoms with E-state index in [1.165, 1.54) is 12.8 Å². The molecule has 0 bridgehead atoms. The predicted molar refractivity (Wildman–Crippen MR) is 54.1 cm³/mol. The van der Waals surface area contributed by atoms with Gasteiger partial charge in [-0.3, -0.25) is 0 Å². The molecule has 14 heavy (non-hydrogen) atoms. The van der Waals surface area contributed by atoms with Crippen molar-refractivity contribution < 1.29 is 4.74 Å². The van der Waals surface area contributed by atoms with Crippen molar-refractivity contribution in [2.75, 3.05) is 6.61 Å². The number of nitriles is 1. The lowest BCUT2D eigenvalue weighted by atomic mass is 10.1. The highest BCUT2D eigenvalue weighted by Crippen LogP contribution is 2.30. The SMILES string of the molecule is Cc1c(C#N)cccc1OCC1CC1. The summed E-state index contributed by atoms with van der Waals surface area (Å²) in [5.41, 5.74) is 1.66. The van der Waals surface area contributed by atoms with Gasteiger partial charge in [0.15, 0.2) is 0 Å². The molecule has 0 heterocycles. The van der Waals surface area contributed by atoms with Crippen molar-refractivity contribution in [2.45, 2.75) is 19.8 Å². The standard InChI is InChI=1S/C12H13NO/c1-9-11(7-13)3-2-4-12(9)14-8-10-5-6-10/h2-4,10H,5-6,8H2,1H3. The van der Waals surface area contributed by atoms with Crippen LogP contribution in [0.25, 0.3) is 0 Å². The van der Waals surface area contributed by atoms with Gasteiger partial charge in [-0.05, 0) is 37.8 Å². The van der Waals surface area contributed by atoms with E-state index >= 15 is 0 Å². The minimum absolute atomic E-state index is 0.707. The molecule has 0 aromatic heterocycles. The Morgan fingerprint density at radius 2 is 2.29 bits per heavy atom. The molecule has 2 rings (SSSR count). The first kappa shape index (κ1) is 9.08. The number of ether oxygens (including phenoxy) is 1. The van der Waals surface area contributed by atoms with E-state index in [0.717, 1.165) is 23.8 Å². The Morgan fingerprint density at radius 3 is 2.93 bits per heavy atom. The molecule has 1 aromatic carbocycles. The van der Waals surface area contributed by atoms with Gasteiger partial charge in [0, 0.05) is 5.56 Å². The molecule has 1 fully saturated rings. The van der Waals surface area contributed by atoms with E-state index in [4.69, 9.17) is 10.00 Å². The summed E-state index contributed by atoms with van der Waals surface area (Å²) in [5.74, 6) is 1.61. The van der Waals surface area contributed by atoms with Crippen LogP contribution < -0.4 is 4.74 Å². The molecule has 0 N–H and O–H groups in total. The van der Waals surface area contributed by atoms with E-state index < -0.39 is 0 Å². The topological polar surface area (TPSA) is 33.0 Å². The number of benzene rings is 1. The first-order valence-electron chi connectivity index (χ1n) is 4.94. The summed E-state index contributed by atoms with van der Waals surface area (Å²) in [5, 5.41) is 8.83. The van der Waals surface area contributed by atoms with Crippen molar-refractivity contribution in [3.05, 3.63) is 29.3 Å². The van der Waals surface area contributed by atoms with Crippen LogP contribution in [0, 0.1) is 24.2 Å². The molecule has 2 heteroatoms. The second kappa shape index (κ2) is 3.71. The summed E-state index contributed by atoms with van der Waals surface area (Å²) < 4.78 is 5.65. The van der Waals surface area contributed by atoms with Crippen molar-refractivity contribution in [1.82, 2.24) is 0 Å². The van der Waals surface area contributed by atoms with Gasteiger partial charge in [-0.25, -0.2) is 0 Å². The molecular weight excluding hydrogens is 174 g/mol. The van der Waals surface area contributed by atoms with Gasteiger partial charge in [-0.1, -0.05) is 6.07 Å². The quantitative estimate of drug-likeness (QED) is 0.728. The molecule has 0 unspecified atom stereocenters. The average Bonchev–Trinajstić information content (AvgIpc) is 3.00. The smallest absolute Gasteiger partial charge is 0.123 e. The number of hydrogen-bond acceptors (Lipinski definition) is 2. The zero-order valence-corrected chi connectivity index (χ0v) is 8.29. The van der Waals surface area contributed by atoms with Crippen LogP contribution >= 0.6 is 0 Å². The maximum absolute atomic E-state index is 8.83. The second-order valence-corrected chi connectivity index (χ2v) is 3.79. The van der Waals surface area contributed by atoms with E-state index in [1.54, 1.807) is 0 Å². The van der Waals surface area contributed by atoms with Crippen LogP contribution in [0.15, 0.2) is 18.2 Å². The van der Waals surface area contributed by atoms with E-state index in [9.17, 15) is 0 Å². The highest BCUT2D eigenvalue weighted by Gasteiger charge is 2.22. The summed E-state index contributed by atoms with van der Waals surface area (Å²) in [6.07, 6.45) is 2.58. The molecular formula is C12H13NO. The Labute approximate surface area is 84.1 Å². The third-order valence-electron chi connectivity index (χ3n) is 2.58. The molecule has 72 valence electrons. The van der Waals surface area contributed by atoms with Crippen LogP contribution in [0.4, 0.5) is 0 Å². The molecule has 0 spiro atoms. The third kappa shape index (κ3) is 1.88. The van der Waals surface area contributed by atoms with Gasteiger partial charge in [0.25, 0.3) is 0 Å². The molecule has 1 saturated carbocycles. The lowest BCUT2D eigenvalue weighted by Crippen LogP contribution is -2.01. The molecule has 2 nitrogen and oxygen atoms in total. The fourth-order valence-corrected chi connectivity index (χ4v) is 1.38. The minimum Gasteiger partial charge on any atom is -0.493 e. The maximum Gasteiger partial charge on any atom is 0.123 e. The summed E-state index contributed by atoms with van der Waals surface area (Å²) in [6, 6.07) is 7.78. The summed E-state index contributed by atoms with van der Waals surface area (Å²) in [6.45, 7) is 2.73. The fourth-order valence-electron chi connectivity index (χ4n) is 1.38. The van der Waals surface area contributed by atoms with Gasteiger partial charge in [0.05, 0.1) is 18.2 Å². The van der Waals surface area contributed by atoms with E-state index in [-0.39, 0.29) is 0 Å². The van der Waals surface area contributed by atoms with E-state index in [2.05, 4.69) is 6.07 Å². The van der Waals surface area contributed by atoms with Crippen LogP contribution in [0.1, 0.15) is 24.0 Å². The summed E-state index contributed by atoms with van der Waals surface area (Å²) in [4.78, 5) is 0. The lowest BCUT2D eigenvalue weighted by Gasteiger charge is -2.08. The van der Waals surface area contributed by atoms with Crippen molar-refractivity contribution in [3.63, 3.8) is 0 Å². The Morgan fingerprint density at radius 1 is 1.50 bits per heavy atom. The van der Waals surface area contributed by atoms with Crippen molar-refractivity contribution >= 4 is 0 Å². The molecule has 0 radical (unpaired) electrons. The first-order chi connectivity index (χ1) is 6.81. The lowest BCUT2D eigenvalue weighted by molar-refractivity contribution is 0.298. The third-order valence-corrected chi connectivity index (χ3v) is 2.58. The molecule has 0 aliphatic heterocycles. The number of nitrogens with zero attached hydrogens (tertiary/aromatic N) is 1. The average molecular weight is 187 g/mol. The van der Waals surface area contributed by atoms with Crippen LogP contribution in [-0.4, -0.2) is 6.61 Å². The zero-order valence-electron chi connectivity index (χ0n) is 8.29. The Hall–Kier alpha value is -1.49. The van der Waals surface area contributed by atoms with Gasteiger partial charge >= 0.3 is 0 Å². The van der Waals surface area contributed by atoms with Crippen molar-refractivity contribution in [2.24, 2.45) is 5.92 Å². The molecule has 0 amide bonds. The summed E-state index contributed by atoms with van der Waals surface area (Å²) in [7, 11) is 0. The molecule has 0 saturated heterocycles. The zero-order chi connectivity index (χ0) is 9.97. The van der Waals surface area contributed by atoms with Gasteiger partial charge in [0.2, 0.25) is 0 Å². The fraction of sp³-hybridized carbons (Fsp3) is 0.417. The maximum atomic E-state index is 8.83. The molecule has 1 aromatic rings. The Bertz CT molecular complexity index is 374. The van der Waals surface area contributed by atoms with Gasteiger partial charge < -0.3 is 4.74 Å². The first-order valence-corrected chi connectivity index (χ1v) is 4.94. The molecule has 1 aliphatic carbocycles. The molecule has 1 aliphatic rings.